The van der Waals surface area contributed by atoms with E-state index in [2.05, 4.69) is 4.98 Å². The molecule has 2 aromatic rings. The van der Waals surface area contributed by atoms with E-state index < -0.39 is 0 Å². The van der Waals surface area contributed by atoms with Gasteiger partial charge < -0.3 is 10.5 Å². The summed E-state index contributed by atoms with van der Waals surface area (Å²) in [5.74, 6) is 0.828. The highest BCUT2D eigenvalue weighted by atomic mass is 32.1. The van der Waals surface area contributed by atoms with Gasteiger partial charge in [-0.1, -0.05) is 30.4 Å². The molecule has 0 bridgehead atoms. The molecule has 0 aliphatic heterocycles. The summed E-state index contributed by atoms with van der Waals surface area (Å²) in [6.45, 7) is 2.61. The molecule has 0 saturated carbocycles. The van der Waals surface area contributed by atoms with E-state index in [1.807, 2.05) is 43.5 Å². The van der Waals surface area contributed by atoms with Crippen LogP contribution in [-0.2, 0) is 6.42 Å². The van der Waals surface area contributed by atoms with E-state index in [1.54, 1.807) is 6.20 Å². The van der Waals surface area contributed by atoms with Gasteiger partial charge in [-0.3, -0.25) is 4.98 Å². The van der Waals surface area contributed by atoms with Gasteiger partial charge in [-0.2, -0.15) is 0 Å². The minimum absolute atomic E-state index is 0.386. The summed E-state index contributed by atoms with van der Waals surface area (Å²) >= 11 is 4.97. The van der Waals surface area contributed by atoms with Gasteiger partial charge in [0.1, 0.15) is 10.7 Å². The average molecular weight is 272 g/mol. The Morgan fingerprint density at radius 2 is 2.21 bits per heavy atom. The molecule has 0 aliphatic rings. The fourth-order valence-electron chi connectivity index (χ4n) is 1.73. The van der Waals surface area contributed by atoms with Crippen LogP contribution in [0.25, 0.3) is 0 Å². The van der Waals surface area contributed by atoms with Crippen LogP contribution in [0.15, 0.2) is 42.7 Å². The fourth-order valence-corrected chi connectivity index (χ4v) is 1.86. The van der Waals surface area contributed by atoms with Crippen molar-refractivity contribution in [3.05, 3.63) is 59.4 Å². The summed E-state index contributed by atoms with van der Waals surface area (Å²) in [5, 5.41) is 0. The Hall–Kier alpha value is -1.94. The van der Waals surface area contributed by atoms with Crippen molar-refractivity contribution in [2.24, 2.45) is 5.73 Å². The number of hydrogen-bond acceptors (Lipinski definition) is 3. The van der Waals surface area contributed by atoms with Gasteiger partial charge in [0.25, 0.3) is 0 Å². The quantitative estimate of drug-likeness (QED) is 0.850. The predicted octanol–water partition coefficient (Wildman–Crippen LogP) is 2.65. The van der Waals surface area contributed by atoms with Crippen molar-refractivity contribution in [2.75, 3.05) is 6.61 Å². The second kappa shape index (κ2) is 6.29. The molecule has 0 unspecified atom stereocenters. The number of nitrogens with zero attached hydrogens (tertiary/aromatic N) is 1. The third-order valence-corrected chi connectivity index (χ3v) is 3.08. The smallest absolute Gasteiger partial charge is 0.122 e. The van der Waals surface area contributed by atoms with Crippen LogP contribution in [-0.4, -0.2) is 16.6 Å². The van der Waals surface area contributed by atoms with Crippen LogP contribution in [0.1, 0.15) is 16.7 Å². The van der Waals surface area contributed by atoms with Gasteiger partial charge in [0.15, 0.2) is 0 Å². The molecule has 3 nitrogen and oxygen atoms in total. The molecule has 1 aromatic heterocycles. The molecular formula is C15H16N2OS. The topological polar surface area (TPSA) is 48.1 Å². The van der Waals surface area contributed by atoms with E-state index >= 15 is 0 Å². The van der Waals surface area contributed by atoms with Crippen molar-refractivity contribution in [3.8, 4) is 5.75 Å². The highest BCUT2D eigenvalue weighted by molar-refractivity contribution is 7.80. The number of pyridine rings is 1. The number of aromatic nitrogens is 1. The zero-order valence-electron chi connectivity index (χ0n) is 10.8. The second-order valence-corrected chi connectivity index (χ2v) is 4.74. The maximum absolute atomic E-state index is 5.79. The third kappa shape index (κ3) is 3.76. The highest BCUT2D eigenvalue weighted by Crippen LogP contribution is 2.19. The number of nitrogens with two attached hydrogens (primary N) is 1. The van der Waals surface area contributed by atoms with E-state index in [0.29, 0.717) is 11.6 Å². The molecule has 0 saturated heterocycles. The number of thiocarbonyl (C=S) groups is 1. The Bertz CT molecular complexity index is 570. The van der Waals surface area contributed by atoms with Crippen LogP contribution in [0.4, 0.5) is 0 Å². The Balaban J connectivity index is 1.99. The predicted molar refractivity (Wildman–Crippen MR) is 80.5 cm³/mol. The molecule has 0 atom stereocenters. The van der Waals surface area contributed by atoms with Gasteiger partial charge in [-0.15, -0.1) is 0 Å². The zero-order valence-corrected chi connectivity index (χ0v) is 11.6. The largest absolute Gasteiger partial charge is 0.493 e. The first-order valence-corrected chi connectivity index (χ1v) is 6.50. The first-order valence-electron chi connectivity index (χ1n) is 6.09. The summed E-state index contributed by atoms with van der Waals surface area (Å²) in [6, 6.07) is 9.73. The maximum Gasteiger partial charge on any atom is 0.122 e. The molecule has 0 fully saturated rings. The van der Waals surface area contributed by atoms with Gasteiger partial charge >= 0.3 is 0 Å². The first-order chi connectivity index (χ1) is 9.16. The van der Waals surface area contributed by atoms with Crippen molar-refractivity contribution in [1.82, 2.24) is 4.98 Å². The number of aryl methyl sites for hydroxylation is 1. The van der Waals surface area contributed by atoms with Crippen molar-refractivity contribution in [1.29, 1.82) is 0 Å². The highest BCUT2D eigenvalue weighted by Gasteiger charge is 2.03. The van der Waals surface area contributed by atoms with E-state index in [1.165, 1.54) is 0 Å². The first kappa shape index (κ1) is 13.5. The van der Waals surface area contributed by atoms with Gasteiger partial charge in [-0.05, 0) is 30.2 Å². The Labute approximate surface area is 118 Å². The van der Waals surface area contributed by atoms with Crippen LogP contribution < -0.4 is 10.5 Å². The monoisotopic (exact) mass is 272 g/mol. The maximum atomic E-state index is 5.79. The molecule has 4 heteroatoms. The molecule has 0 radical (unpaired) electrons. The Morgan fingerprint density at radius 3 is 2.89 bits per heavy atom. The Morgan fingerprint density at radius 1 is 1.37 bits per heavy atom. The number of ether oxygens (including phenoxy) is 1. The van der Waals surface area contributed by atoms with Gasteiger partial charge in [0.2, 0.25) is 0 Å². The molecule has 98 valence electrons. The number of hydrogen-bond donors (Lipinski definition) is 1. The molecule has 2 N–H and O–H groups in total. The lowest BCUT2D eigenvalue weighted by atomic mass is 10.1. The third-order valence-electron chi connectivity index (χ3n) is 2.84. The summed E-state index contributed by atoms with van der Waals surface area (Å²) in [7, 11) is 0. The SMILES string of the molecule is Cc1ccc(C(N)=S)cc1OCCc1cccnc1. The normalized spacial score (nSPS) is 10.2. The van der Waals surface area contributed by atoms with Crippen LogP contribution in [0, 0.1) is 6.92 Å². The lowest BCUT2D eigenvalue weighted by Gasteiger charge is -2.10. The van der Waals surface area contributed by atoms with Crippen LogP contribution in [0.3, 0.4) is 0 Å². The van der Waals surface area contributed by atoms with Crippen LogP contribution in [0.2, 0.25) is 0 Å². The molecule has 19 heavy (non-hydrogen) atoms. The van der Waals surface area contributed by atoms with E-state index in [0.717, 1.165) is 28.9 Å². The van der Waals surface area contributed by atoms with Crippen molar-refractivity contribution in [2.45, 2.75) is 13.3 Å². The van der Waals surface area contributed by atoms with Gasteiger partial charge in [0.05, 0.1) is 6.61 Å². The minimum atomic E-state index is 0.386. The van der Waals surface area contributed by atoms with Gasteiger partial charge in [0, 0.05) is 24.4 Å². The molecule has 1 heterocycles. The van der Waals surface area contributed by atoms with Crippen LogP contribution >= 0.6 is 12.2 Å². The molecular weight excluding hydrogens is 256 g/mol. The molecule has 0 aliphatic carbocycles. The van der Waals surface area contributed by atoms with E-state index in [4.69, 9.17) is 22.7 Å². The summed E-state index contributed by atoms with van der Waals surface area (Å²) in [6.07, 6.45) is 4.44. The summed E-state index contributed by atoms with van der Waals surface area (Å²) < 4.78 is 5.79. The second-order valence-electron chi connectivity index (χ2n) is 4.30. The number of rotatable bonds is 5. The summed E-state index contributed by atoms with van der Waals surface area (Å²) in [5.41, 5.74) is 8.68. The average Bonchev–Trinajstić information content (AvgIpc) is 2.42. The molecule has 1 aromatic carbocycles. The van der Waals surface area contributed by atoms with Crippen LogP contribution in [0.5, 0.6) is 5.75 Å². The lowest BCUT2D eigenvalue weighted by molar-refractivity contribution is 0.319. The van der Waals surface area contributed by atoms with Crippen molar-refractivity contribution < 1.29 is 4.74 Å². The standard InChI is InChI=1S/C15H16N2OS/c1-11-4-5-13(15(16)19)9-14(11)18-8-6-12-3-2-7-17-10-12/h2-5,7,9-10H,6,8H2,1H3,(H2,16,19). The van der Waals surface area contributed by atoms with E-state index in [-0.39, 0.29) is 0 Å². The summed E-state index contributed by atoms with van der Waals surface area (Å²) in [4.78, 5) is 4.46. The zero-order chi connectivity index (χ0) is 13.7. The fraction of sp³-hybridized carbons (Fsp3) is 0.200. The number of benzene rings is 1. The Kier molecular flexibility index (Phi) is 4.47. The van der Waals surface area contributed by atoms with Crippen molar-refractivity contribution in [3.63, 3.8) is 0 Å². The lowest BCUT2D eigenvalue weighted by Crippen LogP contribution is -2.10. The minimum Gasteiger partial charge on any atom is -0.493 e. The van der Waals surface area contributed by atoms with E-state index in [9.17, 15) is 0 Å². The van der Waals surface area contributed by atoms with Crippen molar-refractivity contribution >= 4 is 17.2 Å². The molecule has 2 rings (SSSR count). The molecule has 0 amide bonds. The molecule has 0 spiro atoms. The van der Waals surface area contributed by atoms with Gasteiger partial charge in [-0.25, -0.2) is 0 Å².